The molecule has 0 saturated carbocycles. The molecule has 0 bridgehead atoms. The SMILES string of the molecule is COc1cc(OC)c(NC(=S)Nc2ccc(N3CCOCC3)c(Cl)c2)cc1Cl. The summed E-state index contributed by atoms with van der Waals surface area (Å²) in [5, 5.41) is 7.70. The highest BCUT2D eigenvalue weighted by Crippen LogP contribution is 2.36. The van der Waals surface area contributed by atoms with Crippen molar-refractivity contribution < 1.29 is 14.2 Å². The summed E-state index contributed by atoms with van der Waals surface area (Å²) in [6.07, 6.45) is 0. The molecule has 3 rings (SSSR count). The van der Waals surface area contributed by atoms with Gasteiger partial charge in [0, 0.05) is 24.8 Å². The molecule has 1 aliphatic rings. The summed E-state index contributed by atoms with van der Waals surface area (Å²) in [4.78, 5) is 2.20. The van der Waals surface area contributed by atoms with Gasteiger partial charge < -0.3 is 29.7 Å². The number of rotatable bonds is 5. The number of nitrogens with zero attached hydrogens (tertiary/aromatic N) is 1. The largest absolute Gasteiger partial charge is 0.495 e. The fourth-order valence-corrected chi connectivity index (χ4v) is 3.66. The van der Waals surface area contributed by atoms with E-state index >= 15 is 0 Å². The molecule has 2 aromatic rings. The van der Waals surface area contributed by atoms with Gasteiger partial charge in [-0.15, -0.1) is 0 Å². The highest BCUT2D eigenvalue weighted by molar-refractivity contribution is 7.80. The molecule has 0 atom stereocenters. The Labute approximate surface area is 179 Å². The number of hydrogen-bond donors (Lipinski definition) is 2. The lowest BCUT2D eigenvalue weighted by atomic mass is 10.2. The third-order valence-electron chi connectivity index (χ3n) is 4.28. The fraction of sp³-hybridized carbons (Fsp3) is 0.316. The van der Waals surface area contributed by atoms with Crippen molar-refractivity contribution in [3.05, 3.63) is 40.4 Å². The summed E-state index contributed by atoms with van der Waals surface area (Å²) in [6, 6.07) is 9.15. The predicted octanol–water partition coefficient (Wildman–Crippen LogP) is 4.66. The van der Waals surface area contributed by atoms with Crippen molar-refractivity contribution in [2.75, 3.05) is 56.1 Å². The van der Waals surface area contributed by atoms with Crippen LogP contribution in [0.5, 0.6) is 11.5 Å². The fourth-order valence-electron chi connectivity index (χ4n) is 2.89. The van der Waals surface area contributed by atoms with Crippen LogP contribution in [-0.2, 0) is 4.74 Å². The van der Waals surface area contributed by atoms with Crippen LogP contribution in [0.1, 0.15) is 0 Å². The van der Waals surface area contributed by atoms with E-state index in [-0.39, 0.29) is 0 Å². The third kappa shape index (κ3) is 4.91. The zero-order chi connectivity index (χ0) is 20.1. The number of anilines is 3. The Balaban J connectivity index is 1.70. The van der Waals surface area contributed by atoms with Gasteiger partial charge in [-0.2, -0.15) is 0 Å². The molecule has 0 aromatic heterocycles. The first-order valence-corrected chi connectivity index (χ1v) is 9.80. The maximum Gasteiger partial charge on any atom is 0.175 e. The first-order valence-electron chi connectivity index (χ1n) is 8.63. The van der Waals surface area contributed by atoms with Crippen LogP contribution in [0.15, 0.2) is 30.3 Å². The second-order valence-corrected chi connectivity index (χ2v) is 7.25. The second kappa shape index (κ2) is 9.52. The van der Waals surface area contributed by atoms with Crippen molar-refractivity contribution in [1.29, 1.82) is 0 Å². The van der Waals surface area contributed by atoms with Gasteiger partial charge in [-0.05, 0) is 36.5 Å². The smallest absolute Gasteiger partial charge is 0.175 e. The maximum absolute atomic E-state index is 6.47. The first kappa shape index (κ1) is 20.8. The Morgan fingerprint density at radius 1 is 1.00 bits per heavy atom. The number of thiocarbonyl (C=S) groups is 1. The molecule has 1 fully saturated rings. The van der Waals surface area contributed by atoms with Crippen LogP contribution in [0.4, 0.5) is 17.1 Å². The molecule has 150 valence electrons. The predicted molar refractivity (Wildman–Crippen MR) is 119 cm³/mol. The minimum Gasteiger partial charge on any atom is -0.495 e. The molecule has 0 aliphatic carbocycles. The van der Waals surface area contributed by atoms with Crippen molar-refractivity contribution in [2.45, 2.75) is 0 Å². The maximum atomic E-state index is 6.47. The van der Waals surface area contributed by atoms with Crippen LogP contribution in [-0.4, -0.2) is 45.6 Å². The van der Waals surface area contributed by atoms with Crippen molar-refractivity contribution in [3.8, 4) is 11.5 Å². The van der Waals surface area contributed by atoms with Crippen molar-refractivity contribution in [3.63, 3.8) is 0 Å². The Kier molecular flexibility index (Phi) is 7.07. The Morgan fingerprint density at radius 2 is 1.71 bits per heavy atom. The average molecular weight is 442 g/mol. The van der Waals surface area contributed by atoms with Crippen LogP contribution in [0, 0.1) is 0 Å². The number of morpholine rings is 1. The first-order chi connectivity index (χ1) is 13.5. The van der Waals surface area contributed by atoms with Crippen molar-refractivity contribution >= 4 is 57.6 Å². The number of nitrogens with one attached hydrogen (secondary N) is 2. The van der Waals surface area contributed by atoms with Gasteiger partial charge in [-0.25, -0.2) is 0 Å². The van der Waals surface area contributed by atoms with Gasteiger partial charge in [-0.3, -0.25) is 0 Å². The quantitative estimate of drug-likeness (QED) is 0.654. The molecule has 0 radical (unpaired) electrons. The minimum atomic E-state index is 0.384. The van der Waals surface area contributed by atoms with Crippen LogP contribution in [0.25, 0.3) is 0 Å². The summed E-state index contributed by atoms with van der Waals surface area (Å²) in [7, 11) is 3.11. The van der Waals surface area contributed by atoms with Gasteiger partial charge in [0.2, 0.25) is 0 Å². The highest BCUT2D eigenvalue weighted by Gasteiger charge is 2.15. The standard InChI is InChI=1S/C19H21Cl2N3O3S/c1-25-17-11-18(26-2)15(10-14(17)21)23-19(28)22-12-3-4-16(13(20)9-12)24-5-7-27-8-6-24/h3-4,9-11H,5-8H2,1-2H3,(H2,22,23,28). The van der Waals surface area contributed by atoms with Crippen LogP contribution >= 0.6 is 35.4 Å². The molecule has 1 aliphatic heterocycles. The molecule has 6 nitrogen and oxygen atoms in total. The van der Waals surface area contributed by atoms with E-state index in [1.54, 1.807) is 26.4 Å². The third-order valence-corrected chi connectivity index (χ3v) is 5.08. The van der Waals surface area contributed by atoms with E-state index in [2.05, 4.69) is 15.5 Å². The van der Waals surface area contributed by atoms with Crippen LogP contribution in [0.2, 0.25) is 10.0 Å². The molecule has 0 spiro atoms. The Hall–Kier alpha value is -1.93. The highest BCUT2D eigenvalue weighted by atomic mass is 35.5. The van der Waals surface area contributed by atoms with E-state index in [0.717, 1.165) is 24.5 Å². The number of ether oxygens (including phenoxy) is 3. The number of methoxy groups -OCH3 is 2. The molecular weight excluding hydrogens is 421 g/mol. The van der Waals surface area contributed by atoms with Crippen molar-refractivity contribution in [2.24, 2.45) is 0 Å². The molecule has 1 heterocycles. The lowest BCUT2D eigenvalue weighted by Crippen LogP contribution is -2.36. The Morgan fingerprint density at radius 3 is 2.36 bits per heavy atom. The van der Waals surface area contributed by atoms with Gasteiger partial charge in [0.15, 0.2) is 5.11 Å². The summed E-state index contributed by atoms with van der Waals surface area (Å²) >= 11 is 18.1. The topological polar surface area (TPSA) is 55.0 Å². The molecule has 0 unspecified atom stereocenters. The summed E-state index contributed by atoms with van der Waals surface area (Å²) in [5.41, 5.74) is 2.39. The van der Waals surface area contributed by atoms with E-state index in [9.17, 15) is 0 Å². The van der Waals surface area contributed by atoms with Gasteiger partial charge in [0.05, 0.1) is 48.9 Å². The lowest BCUT2D eigenvalue weighted by Gasteiger charge is -2.29. The van der Waals surface area contributed by atoms with E-state index in [4.69, 9.17) is 49.6 Å². The molecule has 0 amide bonds. The van der Waals surface area contributed by atoms with E-state index in [1.807, 2.05) is 18.2 Å². The monoisotopic (exact) mass is 441 g/mol. The normalized spacial score (nSPS) is 13.8. The van der Waals surface area contributed by atoms with Crippen molar-refractivity contribution in [1.82, 2.24) is 0 Å². The van der Waals surface area contributed by atoms with Crippen LogP contribution in [0.3, 0.4) is 0 Å². The second-order valence-electron chi connectivity index (χ2n) is 6.03. The zero-order valence-corrected chi connectivity index (χ0v) is 17.9. The number of hydrogen-bond acceptors (Lipinski definition) is 5. The minimum absolute atomic E-state index is 0.384. The van der Waals surface area contributed by atoms with Gasteiger partial charge in [0.1, 0.15) is 11.5 Å². The van der Waals surface area contributed by atoms with Gasteiger partial charge in [-0.1, -0.05) is 23.2 Å². The molecular formula is C19H21Cl2N3O3S. The average Bonchev–Trinajstić information content (AvgIpc) is 2.69. The number of benzene rings is 2. The summed E-state index contributed by atoms with van der Waals surface area (Å²) in [5.74, 6) is 1.08. The van der Waals surface area contributed by atoms with E-state index in [1.165, 1.54) is 0 Å². The molecule has 2 N–H and O–H groups in total. The molecule has 2 aromatic carbocycles. The summed E-state index contributed by atoms with van der Waals surface area (Å²) in [6.45, 7) is 3.06. The van der Waals surface area contributed by atoms with E-state index < -0.39 is 0 Å². The van der Waals surface area contributed by atoms with Gasteiger partial charge >= 0.3 is 0 Å². The zero-order valence-electron chi connectivity index (χ0n) is 15.6. The van der Waals surface area contributed by atoms with E-state index in [0.29, 0.717) is 45.6 Å². The Bertz CT molecular complexity index is 861. The summed E-state index contributed by atoms with van der Waals surface area (Å²) < 4.78 is 16.0. The number of halogens is 2. The molecule has 9 heteroatoms. The lowest BCUT2D eigenvalue weighted by molar-refractivity contribution is 0.122. The van der Waals surface area contributed by atoms with Crippen LogP contribution < -0.4 is 25.0 Å². The molecule has 28 heavy (non-hydrogen) atoms. The molecule has 1 saturated heterocycles. The van der Waals surface area contributed by atoms with Gasteiger partial charge in [0.25, 0.3) is 0 Å².